The number of nitrogens with zero attached hydrogens (tertiary/aromatic N) is 2. The lowest BCUT2D eigenvalue weighted by atomic mass is 9.76. The summed E-state index contributed by atoms with van der Waals surface area (Å²) in [7, 11) is 0. The van der Waals surface area contributed by atoms with Crippen LogP contribution in [-0.2, 0) is 11.2 Å². The number of aryl methyl sites for hydroxylation is 1. The van der Waals surface area contributed by atoms with Crippen molar-refractivity contribution in [2.24, 2.45) is 11.3 Å². The second-order valence-electron chi connectivity index (χ2n) is 8.12. The molecule has 0 spiro atoms. The summed E-state index contributed by atoms with van der Waals surface area (Å²) in [4.78, 5) is 28.7. The molecule has 5 nitrogen and oxygen atoms in total. The minimum absolute atomic E-state index is 0.0183. The third-order valence-electron chi connectivity index (χ3n) is 6.27. The molecule has 0 radical (unpaired) electrons. The Balaban J connectivity index is 1.48. The Hall–Kier alpha value is -2.82. The van der Waals surface area contributed by atoms with Gasteiger partial charge in [0.05, 0.1) is 0 Å². The zero-order valence-electron chi connectivity index (χ0n) is 16.3. The highest BCUT2D eigenvalue weighted by Gasteiger charge is 2.53. The van der Waals surface area contributed by atoms with Crippen molar-refractivity contribution in [3.63, 3.8) is 0 Å². The third-order valence-corrected chi connectivity index (χ3v) is 6.27. The van der Waals surface area contributed by atoms with Crippen LogP contribution >= 0.6 is 0 Å². The van der Waals surface area contributed by atoms with Crippen LogP contribution in [0.5, 0.6) is 0 Å². The van der Waals surface area contributed by atoms with Crippen molar-refractivity contribution >= 4 is 17.6 Å². The van der Waals surface area contributed by atoms with E-state index in [4.69, 9.17) is 0 Å². The molecule has 2 heterocycles. The monoisotopic (exact) mass is 377 g/mol. The fraction of sp³-hybridized carbons (Fsp3) is 0.391. The molecule has 4 rings (SSSR count). The van der Waals surface area contributed by atoms with Crippen molar-refractivity contribution in [3.8, 4) is 0 Å². The maximum Gasteiger partial charge on any atom is 0.321 e. The predicted octanol–water partition coefficient (Wildman–Crippen LogP) is 3.63. The molecule has 2 unspecified atom stereocenters. The van der Waals surface area contributed by atoms with Crippen molar-refractivity contribution in [2.45, 2.75) is 19.8 Å². The van der Waals surface area contributed by atoms with Gasteiger partial charge in [-0.25, -0.2) is 4.79 Å². The molecule has 2 saturated heterocycles. The van der Waals surface area contributed by atoms with Crippen LogP contribution in [-0.4, -0.2) is 47.9 Å². The van der Waals surface area contributed by atoms with Crippen LogP contribution in [0.3, 0.4) is 0 Å². The number of para-hydroxylation sites is 1. The molecule has 2 atom stereocenters. The van der Waals surface area contributed by atoms with Crippen molar-refractivity contribution in [2.75, 3.05) is 31.5 Å². The number of likely N-dealkylation sites (tertiary alicyclic amines) is 2. The van der Waals surface area contributed by atoms with Crippen LogP contribution in [0.25, 0.3) is 0 Å². The van der Waals surface area contributed by atoms with E-state index in [1.54, 1.807) is 6.92 Å². The molecular formula is C23H27N3O2. The Labute approximate surface area is 166 Å². The van der Waals surface area contributed by atoms with Crippen LogP contribution in [0, 0.1) is 11.3 Å². The van der Waals surface area contributed by atoms with Gasteiger partial charge in [0, 0.05) is 50.1 Å². The SMILES string of the molecule is CC(=O)N1CC2CN(C(=O)Nc3ccccc3)CC2(CCc2ccccc2)C1. The van der Waals surface area contributed by atoms with Gasteiger partial charge in [-0.05, 0) is 30.5 Å². The van der Waals surface area contributed by atoms with E-state index in [1.807, 2.05) is 46.2 Å². The molecular weight excluding hydrogens is 350 g/mol. The smallest absolute Gasteiger partial charge is 0.321 e. The summed E-state index contributed by atoms with van der Waals surface area (Å²) in [5.41, 5.74) is 2.10. The fourth-order valence-corrected chi connectivity index (χ4v) is 4.69. The fourth-order valence-electron chi connectivity index (χ4n) is 4.69. The number of benzene rings is 2. The Bertz CT molecular complexity index is 839. The zero-order chi connectivity index (χ0) is 19.6. The molecule has 0 aromatic heterocycles. The van der Waals surface area contributed by atoms with Gasteiger partial charge in [-0.1, -0.05) is 48.5 Å². The van der Waals surface area contributed by atoms with Gasteiger partial charge >= 0.3 is 6.03 Å². The molecule has 146 valence electrons. The van der Waals surface area contributed by atoms with Crippen LogP contribution in [0.2, 0.25) is 0 Å². The Morgan fingerprint density at radius 1 is 0.964 bits per heavy atom. The van der Waals surface area contributed by atoms with Crippen LogP contribution in [0.4, 0.5) is 10.5 Å². The molecule has 2 fully saturated rings. The van der Waals surface area contributed by atoms with Gasteiger partial charge in [0.1, 0.15) is 0 Å². The number of hydrogen-bond acceptors (Lipinski definition) is 2. The number of anilines is 1. The molecule has 0 saturated carbocycles. The van der Waals surface area contributed by atoms with Crippen LogP contribution in [0.15, 0.2) is 60.7 Å². The summed E-state index contributed by atoms with van der Waals surface area (Å²) in [6, 6.07) is 20.0. The van der Waals surface area contributed by atoms with Gasteiger partial charge in [0.15, 0.2) is 0 Å². The zero-order valence-corrected chi connectivity index (χ0v) is 16.3. The molecule has 28 heavy (non-hydrogen) atoms. The van der Waals surface area contributed by atoms with E-state index in [2.05, 4.69) is 29.6 Å². The Kier molecular flexibility index (Phi) is 5.07. The second kappa shape index (κ2) is 7.66. The highest BCUT2D eigenvalue weighted by Crippen LogP contribution is 2.46. The quantitative estimate of drug-likeness (QED) is 0.885. The number of carbonyl (C=O) groups excluding carboxylic acids is 2. The van der Waals surface area contributed by atoms with Gasteiger partial charge in [0.25, 0.3) is 0 Å². The third kappa shape index (κ3) is 3.75. The van der Waals surface area contributed by atoms with Crippen LogP contribution < -0.4 is 5.32 Å². The lowest BCUT2D eigenvalue weighted by Crippen LogP contribution is -2.40. The molecule has 0 aliphatic carbocycles. The van der Waals surface area contributed by atoms with Crippen LogP contribution in [0.1, 0.15) is 18.9 Å². The van der Waals surface area contributed by atoms with Gasteiger partial charge < -0.3 is 15.1 Å². The summed E-state index contributed by atoms with van der Waals surface area (Å²) in [5.74, 6) is 0.468. The molecule has 0 bridgehead atoms. The first-order valence-electron chi connectivity index (χ1n) is 9.96. The summed E-state index contributed by atoms with van der Waals surface area (Å²) >= 11 is 0. The first-order valence-corrected chi connectivity index (χ1v) is 9.96. The summed E-state index contributed by atoms with van der Waals surface area (Å²) in [6.07, 6.45) is 1.96. The lowest BCUT2D eigenvalue weighted by molar-refractivity contribution is -0.128. The lowest BCUT2D eigenvalue weighted by Gasteiger charge is -2.29. The van der Waals surface area contributed by atoms with E-state index in [9.17, 15) is 9.59 Å². The molecule has 5 heteroatoms. The summed E-state index contributed by atoms with van der Waals surface area (Å²) in [6.45, 7) is 4.55. The van der Waals surface area contributed by atoms with Gasteiger partial charge in [-0.3, -0.25) is 4.79 Å². The minimum Gasteiger partial charge on any atom is -0.342 e. The Morgan fingerprint density at radius 3 is 2.25 bits per heavy atom. The molecule has 3 amide bonds. The van der Waals surface area contributed by atoms with E-state index in [-0.39, 0.29) is 17.4 Å². The molecule has 2 aromatic carbocycles. The maximum absolute atomic E-state index is 12.8. The number of hydrogen-bond donors (Lipinski definition) is 1. The average Bonchev–Trinajstić information content (AvgIpc) is 3.23. The standard InChI is InChI=1S/C23H27N3O2/c1-18(27)25-14-20-15-26(22(28)24-21-10-6-3-7-11-21)17-23(20,16-25)13-12-19-8-4-2-5-9-19/h2-11,20H,12-17H2,1H3,(H,24,28). The van der Waals surface area contributed by atoms with Gasteiger partial charge in [0.2, 0.25) is 5.91 Å². The van der Waals surface area contributed by atoms with Gasteiger partial charge in [-0.2, -0.15) is 0 Å². The van der Waals surface area contributed by atoms with Crippen molar-refractivity contribution < 1.29 is 9.59 Å². The topological polar surface area (TPSA) is 52.7 Å². The van der Waals surface area contributed by atoms with Crippen molar-refractivity contribution in [3.05, 3.63) is 66.2 Å². The van der Waals surface area contributed by atoms with E-state index in [0.29, 0.717) is 19.0 Å². The second-order valence-corrected chi connectivity index (χ2v) is 8.12. The largest absolute Gasteiger partial charge is 0.342 e. The number of amides is 3. The first-order chi connectivity index (χ1) is 13.6. The van der Waals surface area contributed by atoms with Crippen molar-refractivity contribution in [1.29, 1.82) is 0 Å². The molecule has 2 aromatic rings. The molecule has 2 aliphatic rings. The van der Waals surface area contributed by atoms with E-state index in [0.717, 1.165) is 31.6 Å². The Morgan fingerprint density at radius 2 is 1.57 bits per heavy atom. The number of rotatable bonds is 4. The molecule has 2 aliphatic heterocycles. The average molecular weight is 377 g/mol. The number of urea groups is 1. The highest BCUT2D eigenvalue weighted by atomic mass is 16.2. The highest BCUT2D eigenvalue weighted by molar-refractivity contribution is 5.89. The van der Waals surface area contributed by atoms with Gasteiger partial charge in [-0.15, -0.1) is 0 Å². The minimum atomic E-state index is -0.0472. The maximum atomic E-state index is 12.8. The molecule has 1 N–H and O–H groups in total. The normalized spacial score (nSPS) is 23.5. The van der Waals surface area contributed by atoms with E-state index in [1.165, 1.54) is 5.56 Å². The van der Waals surface area contributed by atoms with Crippen molar-refractivity contribution in [1.82, 2.24) is 9.80 Å². The predicted molar refractivity (Wildman–Crippen MR) is 110 cm³/mol. The van der Waals surface area contributed by atoms with E-state index < -0.39 is 0 Å². The number of carbonyl (C=O) groups is 2. The van der Waals surface area contributed by atoms with E-state index >= 15 is 0 Å². The number of nitrogens with one attached hydrogen (secondary N) is 1. The summed E-state index contributed by atoms with van der Waals surface area (Å²) in [5, 5.41) is 3.00. The number of fused-ring (bicyclic) bond motifs is 1. The first kappa shape index (κ1) is 18.5. The summed E-state index contributed by atoms with van der Waals surface area (Å²) < 4.78 is 0.